The SMILES string of the molecule is C=C(c1ccc(NS(=O)(=O)c2cccc3cccnc23)cc1)N1CCN(C(=O)OCC2CC2)CC1C. The Morgan fingerprint density at radius 3 is 2.58 bits per heavy atom. The molecule has 0 radical (unpaired) electrons. The molecule has 2 fully saturated rings. The first-order chi connectivity index (χ1) is 17.3. The maximum absolute atomic E-state index is 13.1. The summed E-state index contributed by atoms with van der Waals surface area (Å²) in [7, 11) is -3.82. The van der Waals surface area contributed by atoms with Crippen molar-refractivity contribution in [1.82, 2.24) is 14.8 Å². The number of nitrogens with one attached hydrogen (secondary N) is 1. The molecule has 2 aliphatic rings. The molecule has 0 spiro atoms. The number of carbonyl (C=O) groups is 1. The van der Waals surface area contributed by atoms with E-state index in [1.54, 1.807) is 41.4 Å². The second kappa shape index (κ2) is 9.81. The zero-order chi connectivity index (χ0) is 25.3. The number of nitrogens with zero attached hydrogens (tertiary/aromatic N) is 3. The van der Waals surface area contributed by atoms with E-state index < -0.39 is 10.0 Å². The van der Waals surface area contributed by atoms with Crippen molar-refractivity contribution in [3.8, 4) is 0 Å². The lowest BCUT2D eigenvalue weighted by Gasteiger charge is -2.41. The molecule has 1 N–H and O–H groups in total. The van der Waals surface area contributed by atoms with Crippen molar-refractivity contribution in [2.75, 3.05) is 31.0 Å². The summed E-state index contributed by atoms with van der Waals surface area (Å²) in [5.74, 6) is 0.545. The van der Waals surface area contributed by atoms with E-state index in [2.05, 4.69) is 28.1 Å². The monoisotopic (exact) mass is 506 g/mol. The molecule has 2 heterocycles. The number of pyridine rings is 1. The zero-order valence-electron chi connectivity index (χ0n) is 20.3. The summed E-state index contributed by atoms with van der Waals surface area (Å²) < 4.78 is 34.2. The average molecular weight is 507 g/mol. The summed E-state index contributed by atoms with van der Waals surface area (Å²) >= 11 is 0. The molecule has 1 atom stereocenters. The minimum Gasteiger partial charge on any atom is -0.449 e. The number of benzene rings is 2. The zero-order valence-corrected chi connectivity index (χ0v) is 21.1. The topological polar surface area (TPSA) is 91.8 Å². The largest absolute Gasteiger partial charge is 0.449 e. The van der Waals surface area contributed by atoms with Gasteiger partial charge in [0.25, 0.3) is 10.0 Å². The predicted molar refractivity (Wildman–Crippen MR) is 140 cm³/mol. The quantitative estimate of drug-likeness (QED) is 0.505. The van der Waals surface area contributed by atoms with Gasteiger partial charge in [0.2, 0.25) is 0 Å². The highest BCUT2D eigenvalue weighted by Crippen LogP contribution is 2.30. The number of anilines is 1. The van der Waals surface area contributed by atoms with E-state index in [0.717, 1.165) is 29.5 Å². The molecule has 1 aromatic heterocycles. The lowest BCUT2D eigenvalue weighted by molar-refractivity contribution is 0.0703. The van der Waals surface area contributed by atoms with E-state index >= 15 is 0 Å². The van der Waals surface area contributed by atoms with Gasteiger partial charge in [-0.15, -0.1) is 0 Å². The molecule has 1 amide bonds. The number of ether oxygens (including phenoxy) is 1. The molecular formula is C27H30N4O4S. The van der Waals surface area contributed by atoms with Crippen LogP contribution in [-0.2, 0) is 14.8 Å². The molecule has 5 rings (SSSR count). The van der Waals surface area contributed by atoms with Crippen LogP contribution in [0.15, 0.2) is 72.3 Å². The van der Waals surface area contributed by atoms with Gasteiger partial charge < -0.3 is 14.5 Å². The normalized spacial score (nSPS) is 18.2. The van der Waals surface area contributed by atoms with Gasteiger partial charge in [0.05, 0.1) is 12.1 Å². The summed E-state index contributed by atoms with van der Waals surface area (Å²) in [6, 6.07) is 15.9. The fourth-order valence-corrected chi connectivity index (χ4v) is 5.73. The lowest BCUT2D eigenvalue weighted by Crippen LogP contribution is -2.52. The minimum atomic E-state index is -3.82. The van der Waals surface area contributed by atoms with Crippen LogP contribution in [0.2, 0.25) is 0 Å². The highest BCUT2D eigenvalue weighted by atomic mass is 32.2. The Kier molecular flexibility index (Phi) is 6.57. The number of hydrogen-bond acceptors (Lipinski definition) is 6. The van der Waals surface area contributed by atoms with E-state index in [1.165, 1.54) is 0 Å². The number of fused-ring (bicyclic) bond motifs is 1. The van der Waals surface area contributed by atoms with E-state index in [0.29, 0.717) is 43.4 Å². The van der Waals surface area contributed by atoms with Crippen molar-refractivity contribution in [1.29, 1.82) is 0 Å². The van der Waals surface area contributed by atoms with Gasteiger partial charge in [-0.1, -0.05) is 36.9 Å². The van der Waals surface area contributed by atoms with Gasteiger partial charge in [-0.3, -0.25) is 9.71 Å². The predicted octanol–water partition coefficient (Wildman–Crippen LogP) is 4.56. The highest BCUT2D eigenvalue weighted by molar-refractivity contribution is 7.93. The van der Waals surface area contributed by atoms with E-state index in [4.69, 9.17) is 4.74 Å². The number of carbonyl (C=O) groups excluding carboxylic acids is 1. The molecule has 1 unspecified atom stereocenters. The maximum Gasteiger partial charge on any atom is 0.409 e. The van der Waals surface area contributed by atoms with Crippen LogP contribution >= 0.6 is 0 Å². The van der Waals surface area contributed by atoms with Gasteiger partial charge in [0.1, 0.15) is 4.90 Å². The Morgan fingerprint density at radius 2 is 1.86 bits per heavy atom. The number of piperazine rings is 1. The van der Waals surface area contributed by atoms with Crippen molar-refractivity contribution < 1.29 is 17.9 Å². The Bertz CT molecular complexity index is 1380. The van der Waals surface area contributed by atoms with Gasteiger partial charge in [-0.05, 0) is 55.5 Å². The summed E-state index contributed by atoms with van der Waals surface area (Å²) in [6.45, 7) is 8.65. The maximum atomic E-state index is 13.1. The number of sulfonamides is 1. The van der Waals surface area contributed by atoms with Crippen molar-refractivity contribution >= 4 is 38.4 Å². The summed E-state index contributed by atoms with van der Waals surface area (Å²) in [4.78, 5) is 20.7. The minimum absolute atomic E-state index is 0.0803. The molecule has 1 aliphatic carbocycles. The molecule has 3 aromatic rings. The molecule has 1 saturated heterocycles. The molecule has 188 valence electrons. The summed E-state index contributed by atoms with van der Waals surface area (Å²) in [5.41, 5.74) is 2.61. The van der Waals surface area contributed by atoms with Crippen LogP contribution in [-0.4, -0.2) is 61.6 Å². The first kappa shape index (κ1) is 24.1. The van der Waals surface area contributed by atoms with Gasteiger partial charge in [-0.2, -0.15) is 0 Å². The number of para-hydroxylation sites is 1. The fraction of sp³-hybridized carbons (Fsp3) is 0.333. The van der Waals surface area contributed by atoms with Crippen LogP contribution in [0.1, 0.15) is 25.3 Å². The first-order valence-electron chi connectivity index (χ1n) is 12.2. The molecule has 1 aliphatic heterocycles. The number of amides is 1. The third-order valence-electron chi connectivity index (χ3n) is 6.73. The molecule has 36 heavy (non-hydrogen) atoms. The number of aromatic nitrogens is 1. The average Bonchev–Trinajstić information content (AvgIpc) is 3.71. The van der Waals surface area contributed by atoms with Gasteiger partial charge >= 0.3 is 6.09 Å². The summed E-state index contributed by atoms with van der Waals surface area (Å²) in [5, 5.41) is 0.761. The number of rotatable bonds is 7. The third-order valence-corrected chi connectivity index (χ3v) is 8.14. The van der Waals surface area contributed by atoms with Crippen LogP contribution in [0, 0.1) is 5.92 Å². The lowest BCUT2D eigenvalue weighted by atomic mass is 10.1. The Balaban J connectivity index is 1.23. The standard InChI is InChI=1S/C27H30N4O4S/c1-19-17-30(27(32)35-18-21-8-9-21)15-16-31(19)20(2)22-10-12-24(13-11-22)29-36(33,34)25-7-3-5-23-6-4-14-28-26(23)25/h3-7,10-14,19,21,29H,2,8-9,15-18H2,1H3. The first-order valence-corrected chi connectivity index (χ1v) is 13.6. The van der Waals surface area contributed by atoms with E-state index in [9.17, 15) is 13.2 Å². The molecule has 2 aromatic carbocycles. The van der Waals surface area contributed by atoms with Crippen molar-refractivity contribution in [3.63, 3.8) is 0 Å². The van der Waals surface area contributed by atoms with Crippen LogP contribution < -0.4 is 4.72 Å². The fourth-order valence-electron chi connectivity index (χ4n) is 4.49. The van der Waals surface area contributed by atoms with Crippen LogP contribution in [0.3, 0.4) is 0 Å². The second-order valence-electron chi connectivity index (χ2n) is 9.47. The van der Waals surface area contributed by atoms with E-state index in [-0.39, 0.29) is 17.0 Å². The molecular weight excluding hydrogens is 476 g/mol. The smallest absolute Gasteiger partial charge is 0.409 e. The van der Waals surface area contributed by atoms with Crippen molar-refractivity contribution in [2.45, 2.75) is 30.7 Å². The van der Waals surface area contributed by atoms with Gasteiger partial charge in [-0.25, -0.2) is 13.2 Å². The van der Waals surface area contributed by atoms with Gasteiger partial charge in [0.15, 0.2) is 0 Å². The number of hydrogen-bond donors (Lipinski definition) is 1. The molecule has 1 saturated carbocycles. The van der Waals surface area contributed by atoms with Crippen LogP contribution in [0.4, 0.5) is 10.5 Å². The molecule has 8 nitrogen and oxygen atoms in total. The Morgan fingerprint density at radius 1 is 1.11 bits per heavy atom. The van der Waals surface area contributed by atoms with Gasteiger partial charge in [0, 0.05) is 48.6 Å². The Hall–Kier alpha value is -3.59. The van der Waals surface area contributed by atoms with E-state index in [1.807, 2.05) is 24.3 Å². The Labute approximate surface area is 211 Å². The molecule has 9 heteroatoms. The van der Waals surface area contributed by atoms with Crippen molar-refractivity contribution in [2.24, 2.45) is 5.92 Å². The molecule has 0 bridgehead atoms. The van der Waals surface area contributed by atoms with Crippen molar-refractivity contribution in [3.05, 3.63) is 72.9 Å². The highest BCUT2D eigenvalue weighted by Gasteiger charge is 2.30. The third kappa shape index (κ3) is 5.16. The summed E-state index contributed by atoms with van der Waals surface area (Å²) in [6.07, 6.45) is 3.65. The van der Waals surface area contributed by atoms with Crippen LogP contribution in [0.25, 0.3) is 16.6 Å². The second-order valence-corrected chi connectivity index (χ2v) is 11.1. The van der Waals surface area contributed by atoms with Crippen LogP contribution in [0.5, 0.6) is 0 Å².